The van der Waals surface area contributed by atoms with Crippen LogP contribution in [0.4, 0.5) is 0 Å². The molecule has 0 saturated carbocycles. The number of aryl methyl sites for hydroxylation is 1. The highest BCUT2D eigenvalue weighted by Gasteiger charge is 2.31. The molecule has 0 amide bonds. The molecule has 0 aliphatic rings. The fraction of sp³-hybridized carbons (Fsp3) is 0.0769. The van der Waals surface area contributed by atoms with E-state index in [0.29, 0.717) is 0 Å². The third-order valence-corrected chi connectivity index (χ3v) is 5.25. The van der Waals surface area contributed by atoms with Crippen LogP contribution in [0.2, 0.25) is 0 Å². The molecule has 1 atom stereocenters. The van der Waals surface area contributed by atoms with Gasteiger partial charge in [0.15, 0.2) is 0 Å². The molecule has 0 heterocycles. The minimum absolute atomic E-state index is 0.261. The molecule has 0 fully saturated rings. The molecule has 4 aromatic carbocycles. The van der Waals surface area contributed by atoms with E-state index < -0.39 is 0 Å². The summed E-state index contributed by atoms with van der Waals surface area (Å²) in [7, 11) is 0. The fourth-order valence-corrected chi connectivity index (χ4v) is 3.91. The third-order valence-electron chi connectivity index (χ3n) is 5.25. The second kappa shape index (κ2) is 8.10. The average Bonchev–Trinajstić information content (AvgIpc) is 2.75. The summed E-state index contributed by atoms with van der Waals surface area (Å²) in [5.74, 6) is 0.261. The van der Waals surface area contributed by atoms with Crippen molar-refractivity contribution in [2.45, 2.75) is 12.7 Å². The maximum absolute atomic E-state index is 2.28. The molecule has 0 bridgehead atoms. The first kappa shape index (κ1) is 17.4. The third kappa shape index (κ3) is 3.88. The minimum atomic E-state index is 0.261. The molecular weight excluding hydrogens is 323 g/mol. The van der Waals surface area contributed by atoms with Gasteiger partial charge in [0.2, 0.25) is 6.71 Å². The molecule has 4 rings (SSSR count). The fourth-order valence-electron chi connectivity index (χ4n) is 3.91. The monoisotopic (exact) mass is 346 g/mol. The van der Waals surface area contributed by atoms with Crippen LogP contribution in [0.3, 0.4) is 0 Å². The molecule has 1 heteroatoms. The van der Waals surface area contributed by atoms with Gasteiger partial charge in [0, 0.05) is 0 Å². The second-order valence-electron chi connectivity index (χ2n) is 7.10. The second-order valence-corrected chi connectivity index (χ2v) is 7.10. The molecule has 4 aromatic rings. The molecule has 0 N–H and O–H groups in total. The van der Waals surface area contributed by atoms with Crippen LogP contribution in [0.5, 0.6) is 0 Å². The quantitative estimate of drug-likeness (QED) is 0.447. The zero-order chi connectivity index (χ0) is 18.5. The largest absolute Gasteiger partial charge is 0.221 e. The molecule has 130 valence electrons. The van der Waals surface area contributed by atoms with Crippen molar-refractivity contribution in [3.63, 3.8) is 0 Å². The first-order chi connectivity index (χ1) is 13.3. The first-order valence-electron chi connectivity index (χ1n) is 9.54. The Bertz CT molecular complexity index is 921. The lowest BCUT2D eigenvalue weighted by Crippen LogP contribution is -2.47. The lowest BCUT2D eigenvalue weighted by atomic mass is 9.31. The van der Waals surface area contributed by atoms with Gasteiger partial charge < -0.3 is 0 Å². The summed E-state index contributed by atoms with van der Waals surface area (Å²) in [5, 5.41) is 0. The van der Waals surface area contributed by atoms with Crippen LogP contribution in [0.1, 0.15) is 22.5 Å². The Morgan fingerprint density at radius 1 is 0.481 bits per heavy atom. The summed E-state index contributed by atoms with van der Waals surface area (Å²) >= 11 is 0. The topological polar surface area (TPSA) is 0 Å². The zero-order valence-electron chi connectivity index (χ0n) is 15.6. The van der Waals surface area contributed by atoms with Crippen LogP contribution in [-0.2, 0) is 0 Å². The lowest BCUT2D eigenvalue weighted by molar-refractivity contribution is 1.11. The number of hydrogen-bond donors (Lipinski definition) is 0. The van der Waals surface area contributed by atoms with Crippen molar-refractivity contribution in [1.82, 2.24) is 0 Å². The summed E-state index contributed by atoms with van der Waals surface area (Å²) in [5.41, 5.74) is 6.68. The van der Waals surface area contributed by atoms with Crippen LogP contribution in [0.25, 0.3) is 0 Å². The van der Waals surface area contributed by atoms with Crippen LogP contribution >= 0.6 is 0 Å². The SMILES string of the molecule is Cc1ccc([C@H](B(c2ccccc2)c2ccccc2)c2ccccc2)cc1. The van der Waals surface area contributed by atoms with Crippen LogP contribution in [0, 0.1) is 6.92 Å². The number of benzene rings is 4. The maximum atomic E-state index is 2.28. The Morgan fingerprint density at radius 2 is 0.889 bits per heavy atom. The highest BCUT2D eigenvalue weighted by atomic mass is 14.1. The van der Waals surface area contributed by atoms with E-state index in [1.54, 1.807) is 0 Å². The van der Waals surface area contributed by atoms with Gasteiger partial charge in [-0.05, 0) is 23.9 Å². The van der Waals surface area contributed by atoms with Gasteiger partial charge >= 0.3 is 0 Å². The van der Waals surface area contributed by atoms with Gasteiger partial charge in [0.1, 0.15) is 0 Å². The Hall–Kier alpha value is -3.06. The van der Waals surface area contributed by atoms with Crippen molar-refractivity contribution < 1.29 is 0 Å². The molecule has 0 aliphatic carbocycles. The summed E-state index contributed by atoms with van der Waals surface area (Å²) in [6.07, 6.45) is 0. The summed E-state index contributed by atoms with van der Waals surface area (Å²) in [6, 6.07) is 41.6. The molecule has 0 spiro atoms. The van der Waals surface area contributed by atoms with E-state index in [-0.39, 0.29) is 12.5 Å². The van der Waals surface area contributed by atoms with E-state index in [2.05, 4.69) is 122 Å². The van der Waals surface area contributed by atoms with Crippen molar-refractivity contribution in [3.05, 3.63) is 132 Å². The molecule has 0 unspecified atom stereocenters. The van der Waals surface area contributed by atoms with Gasteiger partial charge in [0.25, 0.3) is 0 Å². The van der Waals surface area contributed by atoms with Crippen molar-refractivity contribution >= 4 is 17.6 Å². The average molecular weight is 346 g/mol. The van der Waals surface area contributed by atoms with Crippen LogP contribution in [-0.4, -0.2) is 6.71 Å². The van der Waals surface area contributed by atoms with Crippen molar-refractivity contribution in [1.29, 1.82) is 0 Å². The lowest BCUT2D eigenvalue weighted by Gasteiger charge is -2.27. The molecule has 0 radical (unpaired) electrons. The Labute approximate surface area is 162 Å². The Balaban J connectivity index is 1.93. The molecule has 0 aliphatic heterocycles. The van der Waals surface area contributed by atoms with Gasteiger partial charge in [-0.3, -0.25) is 0 Å². The predicted octanol–water partition coefficient (Wildman–Crippen LogP) is 4.98. The minimum Gasteiger partial charge on any atom is -0.0732 e. The predicted molar refractivity (Wildman–Crippen MR) is 117 cm³/mol. The highest BCUT2D eigenvalue weighted by Crippen LogP contribution is 2.28. The Kier molecular flexibility index (Phi) is 5.21. The summed E-state index contributed by atoms with van der Waals surface area (Å²) < 4.78 is 0. The van der Waals surface area contributed by atoms with Crippen LogP contribution < -0.4 is 10.9 Å². The smallest absolute Gasteiger partial charge is 0.0732 e. The van der Waals surface area contributed by atoms with E-state index >= 15 is 0 Å². The van der Waals surface area contributed by atoms with Gasteiger partial charge in [-0.15, -0.1) is 0 Å². The van der Waals surface area contributed by atoms with Gasteiger partial charge in [-0.1, -0.05) is 132 Å². The van der Waals surface area contributed by atoms with Gasteiger partial charge in [-0.25, -0.2) is 0 Å². The molecule has 0 nitrogen and oxygen atoms in total. The van der Waals surface area contributed by atoms with Crippen molar-refractivity contribution in [2.24, 2.45) is 0 Å². The van der Waals surface area contributed by atoms with Gasteiger partial charge in [0.05, 0.1) is 0 Å². The van der Waals surface area contributed by atoms with Crippen LogP contribution in [0.15, 0.2) is 115 Å². The van der Waals surface area contributed by atoms with E-state index in [4.69, 9.17) is 0 Å². The van der Waals surface area contributed by atoms with E-state index in [1.807, 2.05) is 0 Å². The first-order valence-corrected chi connectivity index (χ1v) is 9.54. The Morgan fingerprint density at radius 3 is 1.37 bits per heavy atom. The highest BCUT2D eigenvalue weighted by molar-refractivity contribution is 6.86. The summed E-state index contributed by atoms with van der Waals surface area (Å²) in [4.78, 5) is 0. The van der Waals surface area contributed by atoms with Crippen molar-refractivity contribution in [2.75, 3.05) is 0 Å². The summed E-state index contributed by atoms with van der Waals surface area (Å²) in [6.45, 7) is 2.41. The van der Waals surface area contributed by atoms with E-state index in [0.717, 1.165) is 0 Å². The van der Waals surface area contributed by atoms with E-state index in [1.165, 1.54) is 27.6 Å². The normalized spacial score (nSPS) is 11.7. The maximum Gasteiger partial charge on any atom is 0.221 e. The van der Waals surface area contributed by atoms with E-state index in [9.17, 15) is 0 Å². The number of rotatable bonds is 5. The molecule has 27 heavy (non-hydrogen) atoms. The molecular formula is C26H23B. The molecule has 0 saturated heterocycles. The standard InChI is InChI=1S/C26H23B/c1-21-17-19-23(20-18-21)26(22-11-5-2-6-12-22)27(24-13-7-3-8-14-24)25-15-9-4-10-16-25/h2-20,26H,1H3/t26-/m1/s1. The van der Waals surface area contributed by atoms with Crippen molar-refractivity contribution in [3.8, 4) is 0 Å². The number of hydrogen-bond acceptors (Lipinski definition) is 0. The zero-order valence-corrected chi connectivity index (χ0v) is 15.6. The van der Waals surface area contributed by atoms with Gasteiger partial charge in [-0.2, -0.15) is 0 Å². The molecule has 0 aromatic heterocycles.